The van der Waals surface area contributed by atoms with E-state index in [-0.39, 0.29) is 5.91 Å². The second-order valence-electron chi connectivity index (χ2n) is 4.07. The van der Waals surface area contributed by atoms with Crippen molar-refractivity contribution in [2.75, 3.05) is 19.7 Å². The molecule has 1 atom stereocenters. The fraction of sp³-hybridized carbons (Fsp3) is 0.545. The van der Waals surface area contributed by atoms with Gasteiger partial charge in [0, 0.05) is 19.0 Å². The lowest BCUT2D eigenvalue weighted by Gasteiger charge is -2.31. The third-order valence-electron chi connectivity index (χ3n) is 2.87. The first kappa shape index (κ1) is 11.2. The average molecular weight is 224 g/mol. The van der Waals surface area contributed by atoms with Crippen LogP contribution in [0.5, 0.6) is 0 Å². The van der Waals surface area contributed by atoms with Crippen LogP contribution in [0.4, 0.5) is 0 Å². The monoisotopic (exact) mass is 224 g/mol. The van der Waals surface area contributed by atoms with Crippen LogP contribution in [0.3, 0.4) is 0 Å². The zero-order chi connectivity index (χ0) is 11.4. The summed E-state index contributed by atoms with van der Waals surface area (Å²) in [5, 5.41) is 0. The second kappa shape index (κ2) is 5.14. The van der Waals surface area contributed by atoms with Gasteiger partial charge in [0.15, 0.2) is 5.76 Å². The highest BCUT2D eigenvalue weighted by molar-refractivity contribution is 5.91. The first-order chi connectivity index (χ1) is 7.81. The molecule has 1 amide bonds. The lowest BCUT2D eigenvalue weighted by atomic mass is 9.99. The SMILES string of the molecule is NOCC1CCCN(C(=O)c2ccco2)C1. The highest BCUT2D eigenvalue weighted by Gasteiger charge is 2.25. The fourth-order valence-corrected chi connectivity index (χ4v) is 2.08. The van der Waals surface area contributed by atoms with E-state index in [9.17, 15) is 4.79 Å². The number of amides is 1. The van der Waals surface area contributed by atoms with Crippen LogP contribution in [0, 0.1) is 5.92 Å². The molecule has 1 aliphatic heterocycles. The highest BCUT2D eigenvalue weighted by Crippen LogP contribution is 2.18. The Labute approximate surface area is 94.1 Å². The number of carbonyl (C=O) groups is 1. The third-order valence-corrected chi connectivity index (χ3v) is 2.87. The van der Waals surface area contributed by atoms with E-state index in [1.165, 1.54) is 6.26 Å². The Morgan fingerprint density at radius 1 is 1.69 bits per heavy atom. The lowest BCUT2D eigenvalue weighted by Crippen LogP contribution is -2.41. The van der Waals surface area contributed by atoms with Crippen LogP contribution in [0.2, 0.25) is 0 Å². The molecule has 16 heavy (non-hydrogen) atoms. The molecule has 1 aromatic rings. The summed E-state index contributed by atoms with van der Waals surface area (Å²) in [5.74, 6) is 5.73. The zero-order valence-corrected chi connectivity index (χ0v) is 9.09. The van der Waals surface area contributed by atoms with Gasteiger partial charge in [-0.2, -0.15) is 0 Å². The number of piperidine rings is 1. The molecule has 88 valence electrons. The standard InChI is InChI=1S/C11H16N2O3/c12-16-8-9-3-1-5-13(7-9)11(14)10-4-2-6-15-10/h2,4,6,9H,1,3,5,7-8,12H2. The Morgan fingerprint density at radius 3 is 3.25 bits per heavy atom. The third kappa shape index (κ3) is 2.43. The van der Waals surface area contributed by atoms with E-state index in [1.807, 2.05) is 0 Å². The van der Waals surface area contributed by atoms with Gasteiger partial charge in [-0.1, -0.05) is 0 Å². The van der Waals surface area contributed by atoms with Gasteiger partial charge >= 0.3 is 0 Å². The molecule has 0 radical (unpaired) electrons. The smallest absolute Gasteiger partial charge is 0.289 e. The van der Waals surface area contributed by atoms with Crippen molar-refractivity contribution in [2.45, 2.75) is 12.8 Å². The summed E-state index contributed by atoms with van der Waals surface area (Å²) in [4.78, 5) is 18.4. The van der Waals surface area contributed by atoms with Gasteiger partial charge in [-0.3, -0.25) is 4.79 Å². The van der Waals surface area contributed by atoms with E-state index in [2.05, 4.69) is 4.84 Å². The predicted octanol–water partition coefficient (Wildman–Crippen LogP) is 1.02. The number of carbonyl (C=O) groups excluding carboxylic acids is 1. The van der Waals surface area contributed by atoms with Gasteiger partial charge in [0.05, 0.1) is 12.9 Å². The molecule has 1 aromatic heterocycles. The molecule has 5 heteroatoms. The largest absolute Gasteiger partial charge is 0.459 e. The van der Waals surface area contributed by atoms with E-state index in [4.69, 9.17) is 10.3 Å². The number of likely N-dealkylation sites (tertiary alicyclic amines) is 1. The molecule has 1 saturated heterocycles. The molecule has 5 nitrogen and oxygen atoms in total. The Balaban J connectivity index is 1.96. The number of nitrogens with zero attached hydrogens (tertiary/aromatic N) is 1. The summed E-state index contributed by atoms with van der Waals surface area (Å²) in [5.41, 5.74) is 0. The average Bonchev–Trinajstić information content (AvgIpc) is 2.82. The Morgan fingerprint density at radius 2 is 2.56 bits per heavy atom. The van der Waals surface area contributed by atoms with E-state index in [0.717, 1.165) is 19.4 Å². The van der Waals surface area contributed by atoms with Crippen molar-refractivity contribution in [1.82, 2.24) is 4.90 Å². The summed E-state index contributed by atoms with van der Waals surface area (Å²) in [6.07, 6.45) is 3.55. The van der Waals surface area contributed by atoms with Crippen LogP contribution in [0.15, 0.2) is 22.8 Å². The molecule has 1 fully saturated rings. The molecule has 0 aromatic carbocycles. The number of rotatable bonds is 3. The summed E-state index contributed by atoms with van der Waals surface area (Å²) < 4.78 is 5.10. The lowest BCUT2D eigenvalue weighted by molar-refractivity contribution is 0.0451. The van der Waals surface area contributed by atoms with Crippen molar-refractivity contribution in [3.8, 4) is 0 Å². The first-order valence-electron chi connectivity index (χ1n) is 5.45. The highest BCUT2D eigenvalue weighted by atomic mass is 16.6. The van der Waals surface area contributed by atoms with Gasteiger partial charge in [-0.05, 0) is 25.0 Å². The van der Waals surface area contributed by atoms with E-state index in [0.29, 0.717) is 24.8 Å². The molecule has 2 rings (SSSR count). The van der Waals surface area contributed by atoms with E-state index in [1.54, 1.807) is 17.0 Å². The molecule has 1 unspecified atom stereocenters. The van der Waals surface area contributed by atoms with Gasteiger partial charge in [-0.15, -0.1) is 0 Å². The van der Waals surface area contributed by atoms with Gasteiger partial charge in [-0.25, -0.2) is 5.90 Å². The summed E-state index contributed by atoms with van der Waals surface area (Å²) >= 11 is 0. The van der Waals surface area contributed by atoms with Gasteiger partial charge in [0.1, 0.15) is 0 Å². The van der Waals surface area contributed by atoms with Crippen molar-refractivity contribution in [2.24, 2.45) is 11.8 Å². The van der Waals surface area contributed by atoms with Crippen molar-refractivity contribution >= 4 is 5.91 Å². The fourth-order valence-electron chi connectivity index (χ4n) is 2.08. The minimum absolute atomic E-state index is 0.0493. The van der Waals surface area contributed by atoms with Gasteiger partial charge in [0.25, 0.3) is 5.91 Å². The van der Waals surface area contributed by atoms with E-state index >= 15 is 0 Å². The zero-order valence-electron chi connectivity index (χ0n) is 9.09. The maximum Gasteiger partial charge on any atom is 0.289 e. The maximum atomic E-state index is 12.0. The second-order valence-corrected chi connectivity index (χ2v) is 4.07. The molecule has 2 N–H and O–H groups in total. The quantitative estimate of drug-likeness (QED) is 0.778. The normalized spacial score (nSPS) is 21.1. The van der Waals surface area contributed by atoms with Gasteiger partial charge < -0.3 is 14.2 Å². The molecule has 1 aliphatic rings. The molecular formula is C11H16N2O3. The van der Waals surface area contributed by atoms with Crippen LogP contribution in [0.25, 0.3) is 0 Å². The number of furan rings is 1. The Kier molecular flexibility index (Phi) is 3.58. The topological polar surface area (TPSA) is 68.7 Å². The van der Waals surface area contributed by atoms with E-state index < -0.39 is 0 Å². The van der Waals surface area contributed by atoms with Crippen LogP contribution in [-0.4, -0.2) is 30.5 Å². The number of hydrogen-bond donors (Lipinski definition) is 1. The molecule has 0 spiro atoms. The Hall–Kier alpha value is -1.33. The van der Waals surface area contributed by atoms with Crippen LogP contribution in [-0.2, 0) is 4.84 Å². The minimum Gasteiger partial charge on any atom is -0.459 e. The minimum atomic E-state index is -0.0493. The molecular weight excluding hydrogens is 208 g/mol. The molecule has 2 heterocycles. The first-order valence-corrected chi connectivity index (χ1v) is 5.45. The molecule has 0 aliphatic carbocycles. The van der Waals surface area contributed by atoms with Gasteiger partial charge in [0.2, 0.25) is 0 Å². The molecule has 0 bridgehead atoms. The van der Waals surface area contributed by atoms with Crippen molar-refractivity contribution < 1.29 is 14.0 Å². The van der Waals surface area contributed by atoms with Crippen LogP contribution >= 0.6 is 0 Å². The van der Waals surface area contributed by atoms with Crippen LogP contribution in [0.1, 0.15) is 23.4 Å². The van der Waals surface area contributed by atoms with Crippen molar-refractivity contribution in [3.63, 3.8) is 0 Å². The molecule has 0 saturated carbocycles. The maximum absolute atomic E-state index is 12.0. The predicted molar refractivity (Wildman–Crippen MR) is 57.5 cm³/mol. The summed E-state index contributed by atoms with van der Waals surface area (Å²) in [7, 11) is 0. The number of hydrogen-bond acceptors (Lipinski definition) is 4. The van der Waals surface area contributed by atoms with Crippen LogP contribution < -0.4 is 5.90 Å². The van der Waals surface area contributed by atoms with Crippen molar-refractivity contribution in [1.29, 1.82) is 0 Å². The summed E-state index contributed by atoms with van der Waals surface area (Å²) in [6.45, 7) is 1.97. The number of nitrogens with two attached hydrogens (primary N) is 1. The summed E-state index contributed by atoms with van der Waals surface area (Å²) in [6, 6.07) is 3.41. The Bertz CT molecular complexity index is 335. The van der Waals surface area contributed by atoms with Crippen molar-refractivity contribution in [3.05, 3.63) is 24.2 Å².